The smallest absolute Gasteiger partial charge is 0.310 e. The summed E-state index contributed by atoms with van der Waals surface area (Å²) in [5, 5.41) is 13.4. The summed E-state index contributed by atoms with van der Waals surface area (Å²) < 4.78 is 29.1. The van der Waals surface area contributed by atoms with E-state index in [9.17, 15) is 18.7 Å². The normalized spacial score (nSPS) is 25.0. The maximum absolute atomic E-state index is 14.7. The highest BCUT2D eigenvalue weighted by Crippen LogP contribution is 2.39. The Morgan fingerprint density at radius 1 is 1.35 bits per heavy atom. The van der Waals surface area contributed by atoms with E-state index in [0.29, 0.717) is 37.3 Å². The van der Waals surface area contributed by atoms with Gasteiger partial charge in [0, 0.05) is 30.3 Å². The Morgan fingerprint density at radius 2 is 2.15 bits per heavy atom. The number of hydrogen-bond donors (Lipinski definition) is 4. The number of carboxylic acid groups (broad SMARTS) is 1. The third-order valence-electron chi connectivity index (χ3n) is 6.62. The van der Waals surface area contributed by atoms with Gasteiger partial charge in [-0.2, -0.15) is 0 Å². The van der Waals surface area contributed by atoms with E-state index < -0.39 is 23.0 Å². The van der Waals surface area contributed by atoms with Gasteiger partial charge >= 0.3 is 5.97 Å². The second kappa shape index (κ2) is 9.85. The molecule has 1 saturated heterocycles. The van der Waals surface area contributed by atoms with Crippen LogP contribution in [-0.2, 0) is 17.8 Å². The van der Waals surface area contributed by atoms with Crippen molar-refractivity contribution in [1.82, 2.24) is 20.7 Å². The lowest BCUT2D eigenvalue weighted by atomic mass is 9.72. The Hall–Kier alpha value is -2.75. The van der Waals surface area contributed by atoms with E-state index >= 15 is 0 Å². The van der Waals surface area contributed by atoms with Crippen LogP contribution in [0.5, 0.6) is 0 Å². The summed E-state index contributed by atoms with van der Waals surface area (Å²) in [7, 11) is 0. The molecule has 1 aromatic heterocycles. The summed E-state index contributed by atoms with van der Waals surface area (Å²) in [6, 6.07) is 7.54. The molecule has 2 aliphatic rings. The van der Waals surface area contributed by atoms with E-state index in [1.54, 1.807) is 12.1 Å². The van der Waals surface area contributed by atoms with Gasteiger partial charge in [0.2, 0.25) is 0 Å². The number of anilines is 1. The fourth-order valence-electron chi connectivity index (χ4n) is 4.70. The maximum Gasteiger partial charge on any atom is 0.310 e. The average Bonchev–Trinajstić information content (AvgIpc) is 3.20. The van der Waals surface area contributed by atoms with E-state index in [1.165, 1.54) is 18.2 Å². The Balaban J connectivity index is 1.50. The fraction of sp³-hybridized carbons (Fsp3) is 0.417. The molecule has 0 bridgehead atoms. The number of carboxylic acids is 1. The van der Waals surface area contributed by atoms with Gasteiger partial charge in [0.15, 0.2) is 0 Å². The standard InChI is InChI=1S/C24H28ClF2N5O2/c1-14-10-21(31-30-14)29-20-7-6-18(26)19(28-20)12-24(23(33)34)8-9-32(15(2)11-24)13-16-4-3-5-17(25)22(16)27/h3-7,10,15,21,30-31H,8-9,11-13H2,1-2H3,(H,28,29)(H,33,34). The fourth-order valence-corrected chi connectivity index (χ4v) is 4.89. The molecule has 4 N–H and O–H groups in total. The number of pyridine rings is 1. The van der Waals surface area contributed by atoms with E-state index in [4.69, 9.17) is 11.6 Å². The molecule has 182 valence electrons. The zero-order valence-electron chi connectivity index (χ0n) is 19.0. The molecule has 1 fully saturated rings. The molecule has 0 saturated carbocycles. The van der Waals surface area contributed by atoms with Crippen LogP contribution < -0.4 is 16.2 Å². The van der Waals surface area contributed by atoms with Gasteiger partial charge in [-0.3, -0.25) is 9.69 Å². The summed E-state index contributed by atoms with van der Waals surface area (Å²) in [4.78, 5) is 18.8. The Morgan fingerprint density at radius 3 is 2.82 bits per heavy atom. The van der Waals surface area contributed by atoms with Gasteiger partial charge in [-0.15, -0.1) is 0 Å². The van der Waals surface area contributed by atoms with Crippen molar-refractivity contribution in [3.05, 3.63) is 70.0 Å². The SMILES string of the molecule is CC1=CC(Nc2ccc(F)c(CC3(C(=O)O)CCN(Cc4cccc(Cl)c4F)C(C)C3)n2)NN1. The highest BCUT2D eigenvalue weighted by atomic mass is 35.5. The van der Waals surface area contributed by atoms with Gasteiger partial charge in [-0.05, 0) is 57.5 Å². The first kappa shape index (κ1) is 24.4. The first-order valence-electron chi connectivity index (χ1n) is 11.2. The van der Waals surface area contributed by atoms with Crippen molar-refractivity contribution >= 4 is 23.4 Å². The first-order chi connectivity index (χ1) is 16.2. The molecule has 34 heavy (non-hydrogen) atoms. The van der Waals surface area contributed by atoms with Gasteiger partial charge in [0.05, 0.1) is 16.1 Å². The molecule has 0 radical (unpaired) electrons. The van der Waals surface area contributed by atoms with Gasteiger partial charge in [-0.25, -0.2) is 19.2 Å². The summed E-state index contributed by atoms with van der Waals surface area (Å²) in [6.07, 6.45) is 2.26. The molecule has 7 nitrogen and oxygen atoms in total. The summed E-state index contributed by atoms with van der Waals surface area (Å²) in [5.41, 5.74) is 6.34. The zero-order chi connectivity index (χ0) is 24.5. The number of rotatable bonds is 7. The minimum Gasteiger partial charge on any atom is -0.481 e. The molecule has 0 amide bonds. The van der Waals surface area contributed by atoms with Crippen molar-refractivity contribution in [3.63, 3.8) is 0 Å². The molecule has 4 rings (SSSR count). The van der Waals surface area contributed by atoms with Crippen LogP contribution in [0.1, 0.15) is 37.9 Å². The minimum absolute atomic E-state index is 0.0292. The van der Waals surface area contributed by atoms with Gasteiger partial charge in [0.1, 0.15) is 23.6 Å². The topological polar surface area (TPSA) is 89.5 Å². The lowest BCUT2D eigenvalue weighted by Crippen LogP contribution is -2.50. The van der Waals surface area contributed by atoms with Crippen molar-refractivity contribution in [3.8, 4) is 0 Å². The van der Waals surface area contributed by atoms with E-state index in [2.05, 4.69) is 21.2 Å². The molecule has 3 atom stereocenters. The third-order valence-corrected chi connectivity index (χ3v) is 6.91. The van der Waals surface area contributed by atoms with Crippen LogP contribution >= 0.6 is 11.6 Å². The number of nitrogens with one attached hydrogen (secondary N) is 3. The van der Waals surface area contributed by atoms with Gasteiger partial charge < -0.3 is 15.8 Å². The lowest BCUT2D eigenvalue weighted by Gasteiger charge is -2.43. The molecular weight excluding hydrogens is 464 g/mol. The maximum atomic E-state index is 14.7. The number of nitrogens with zero attached hydrogens (tertiary/aromatic N) is 2. The van der Waals surface area contributed by atoms with Crippen LogP contribution in [0.2, 0.25) is 5.02 Å². The summed E-state index contributed by atoms with van der Waals surface area (Å²) in [5.74, 6) is -1.53. The number of carbonyl (C=O) groups is 1. The van der Waals surface area contributed by atoms with Crippen LogP contribution in [0.25, 0.3) is 0 Å². The lowest BCUT2D eigenvalue weighted by molar-refractivity contribution is -0.153. The number of halogens is 3. The van der Waals surface area contributed by atoms with Crippen molar-refractivity contribution in [1.29, 1.82) is 0 Å². The number of aliphatic carboxylic acids is 1. The predicted molar refractivity (Wildman–Crippen MR) is 126 cm³/mol. The van der Waals surface area contributed by atoms with E-state index in [1.807, 2.05) is 24.8 Å². The molecule has 1 aromatic carbocycles. The summed E-state index contributed by atoms with van der Waals surface area (Å²) >= 11 is 5.90. The quantitative estimate of drug-likeness (QED) is 0.464. The predicted octanol–water partition coefficient (Wildman–Crippen LogP) is 4.06. The number of benzene rings is 1. The van der Waals surface area contributed by atoms with Crippen molar-refractivity contribution in [2.75, 3.05) is 11.9 Å². The monoisotopic (exact) mass is 491 g/mol. The first-order valence-corrected chi connectivity index (χ1v) is 11.6. The van der Waals surface area contributed by atoms with Crippen LogP contribution in [0.4, 0.5) is 14.6 Å². The van der Waals surface area contributed by atoms with Crippen molar-refractivity contribution in [2.24, 2.45) is 5.41 Å². The molecule has 2 aliphatic heterocycles. The highest BCUT2D eigenvalue weighted by Gasteiger charge is 2.45. The largest absolute Gasteiger partial charge is 0.481 e. The highest BCUT2D eigenvalue weighted by molar-refractivity contribution is 6.30. The Labute approximate surface area is 202 Å². The molecule has 0 spiro atoms. The van der Waals surface area contributed by atoms with Gasteiger partial charge in [-0.1, -0.05) is 23.7 Å². The van der Waals surface area contributed by atoms with Crippen LogP contribution in [0.15, 0.2) is 42.1 Å². The van der Waals surface area contributed by atoms with E-state index in [0.717, 1.165) is 5.70 Å². The Bertz CT molecular complexity index is 1110. The second-order valence-electron chi connectivity index (χ2n) is 9.11. The molecule has 2 aromatic rings. The third kappa shape index (κ3) is 5.16. The zero-order valence-corrected chi connectivity index (χ0v) is 19.8. The number of hydrogen-bond acceptors (Lipinski definition) is 6. The molecule has 0 aliphatic carbocycles. The average molecular weight is 492 g/mol. The van der Waals surface area contributed by atoms with E-state index in [-0.39, 0.29) is 29.3 Å². The minimum atomic E-state index is -1.17. The number of hydrazine groups is 1. The van der Waals surface area contributed by atoms with Gasteiger partial charge in [0.25, 0.3) is 0 Å². The van der Waals surface area contributed by atoms with Crippen LogP contribution in [0, 0.1) is 17.0 Å². The Kier molecular flexibility index (Phi) is 7.06. The van der Waals surface area contributed by atoms with Crippen molar-refractivity contribution < 1.29 is 18.7 Å². The number of likely N-dealkylation sites (tertiary alicyclic amines) is 1. The number of aromatic nitrogens is 1. The number of allylic oxidation sites excluding steroid dienone is 1. The van der Waals surface area contributed by atoms with Crippen LogP contribution in [0.3, 0.4) is 0 Å². The second-order valence-corrected chi connectivity index (χ2v) is 9.52. The molecule has 3 heterocycles. The van der Waals surface area contributed by atoms with Crippen molar-refractivity contribution in [2.45, 2.75) is 51.9 Å². The molecule has 3 unspecified atom stereocenters. The summed E-state index contributed by atoms with van der Waals surface area (Å²) in [6.45, 7) is 4.57. The molecular formula is C24H28ClF2N5O2. The number of piperidine rings is 1. The molecule has 10 heteroatoms. The van der Waals surface area contributed by atoms with Crippen LogP contribution in [-0.4, -0.2) is 39.7 Å².